The van der Waals surface area contributed by atoms with Gasteiger partial charge in [-0.05, 0) is 20.8 Å². The van der Waals surface area contributed by atoms with Crippen molar-refractivity contribution in [2.24, 2.45) is 0 Å². The molecule has 0 bridgehead atoms. The number of ether oxygens (including phenoxy) is 2. The summed E-state index contributed by atoms with van der Waals surface area (Å²) in [5.74, 6) is 0.567. The van der Waals surface area contributed by atoms with Gasteiger partial charge in [0.05, 0.1) is 26.4 Å². The van der Waals surface area contributed by atoms with Crippen LogP contribution in [-0.2, 0) is 16.0 Å². The lowest BCUT2D eigenvalue weighted by atomic mass is 10.1. The van der Waals surface area contributed by atoms with E-state index in [2.05, 4.69) is 41.6 Å². The Kier molecular flexibility index (Phi) is 6.75. The van der Waals surface area contributed by atoms with E-state index in [1.165, 1.54) is 0 Å². The maximum atomic E-state index is 5.43. The summed E-state index contributed by atoms with van der Waals surface area (Å²) in [5.41, 5.74) is 0.0251. The zero-order valence-corrected chi connectivity index (χ0v) is 12.2. The summed E-state index contributed by atoms with van der Waals surface area (Å²) < 4.78 is 15.6. The number of rotatable bonds is 9. The van der Waals surface area contributed by atoms with Crippen molar-refractivity contribution < 1.29 is 13.9 Å². The first-order chi connectivity index (χ1) is 9.01. The van der Waals surface area contributed by atoms with Gasteiger partial charge in [-0.1, -0.05) is 5.10 Å². The molecular weight excluding hydrogens is 248 g/mol. The number of anilines is 1. The molecule has 19 heavy (non-hydrogen) atoms. The van der Waals surface area contributed by atoms with Crippen molar-refractivity contribution in [3.8, 4) is 0 Å². The molecule has 0 fully saturated rings. The first kappa shape index (κ1) is 15.9. The Morgan fingerprint density at radius 3 is 2.63 bits per heavy atom. The number of hydrogen-bond donors (Lipinski definition) is 2. The Morgan fingerprint density at radius 2 is 1.95 bits per heavy atom. The van der Waals surface area contributed by atoms with Gasteiger partial charge in [0.25, 0.3) is 0 Å². The van der Waals surface area contributed by atoms with Crippen LogP contribution < -0.4 is 10.6 Å². The average Bonchev–Trinajstić information content (AvgIpc) is 2.78. The third kappa shape index (κ3) is 7.76. The van der Waals surface area contributed by atoms with Crippen LogP contribution in [0.25, 0.3) is 0 Å². The van der Waals surface area contributed by atoms with E-state index >= 15 is 0 Å². The van der Waals surface area contributed by atoms with Gasteiger partial charge in [0.15, 0.2) is 0 Å². The highest BCUT2D eigenvalue weighted by atomic mass is 16.5. The molecule has 7 heteroatoms. The molecular formula is C12H24N4O3. The molecule has 0 amide bonds. The molecule has 0 aliphatic carbocycles. The van der Waals surface area contributed by atoms with Crippen LogP contribution in [0.3, 0.4) is 0 Å². The lowest BCUT2D eigenvalue weighted by molar-refractivity contribution is 0.0757. The van der Waals surface area contributed by atoms with Crippen LogP contribution in [0.5, 0.6) is 0 Å². The Hall–Kier alpha value is -1.18. The zero-order valence-electron chi connectivity index (χ0n) is 12.2. The van der Waals surface area contributed by atoms with Crippen LogP contribution >= 0.6 is 0 Å². The highest BCUT2D eigenvalue weighted by Gasteiger charge is 2.11. The highest BCUT2D eigenvalue weighted by molar-refractivity contribution is 5.16. The van der Waals surface area contributed by atoms with Crippen LogP contribution in [0.4, 0.5) is 6.01 Å². The highest BCUT2D eigenvalue weighted by Crippen LogP contribution is 2.07. The number of nitrogens with one attached hydrogen (secondary N) is 2. The molecule has 1 aromatic rings. The van der Waals surface area contributed by atoms with E-state index in [0.717, 1.165) is 0 Å². The summed E-state index contributed by atoms with van der Waals surface area (Å²) in [5, 5.41) is 14.1. The predicted octanol–water partition coefficient (Wildman–Crippen LogP) is 1.03. The van der Waals surface area contributed by atoms with Gasteiger partial charge in [-0.3, -0.25) is 0 Å². The normalized spacial score (nSPS) is 11.8. The molecule has 0 saturated heterocycles. The molecule has 0 aromatic carbocycles. The summed E-state index contributed by atoms with van der Waals surface area (Å²) in [6.45, 7) is 9.19. The van der Waals surface area contributed by atoms with Crippen LogP contribution in [-0.4, -0.2) is 49.2 Å². The van der Waals surface area contributed by atoms with Crippen molar-refractivity contribution in [1.82, 2.24) is 15.5 Å². The molecule has 0 atom stereocenters. The molecule has 0 saturated carbocycles. The Morgan fingerprint density at radius 1 is 1.16 bits per heavy atom. The quantitative estimate of drug-likeness (QED) is 0.650. The molecule has 7 nitrogen and oxygen atoms in total. The molecule has 1 rings (SSSR count). The molecule has 110 valence electrons. The van der Waals surface area contributed by atoms with Crippen molar-refractivity contribution in [2.75, 3.05) is 38.8 Å². The summed E-state index contributed by atoms with van der Waals surface area (Å²) in [4.78, 5) is 0. The van der Waals surface area contributed by atoms with E-state index < -0.39 is 0 Å². The molecule has 0 aliphatic rings. The van der Waals surface area contributed by atoms with Gasteiger partial charge in [0.1, 0.15) is 0 Å². The standard InChI is InChI=1S/C12H24N4O3/c1-12(2,3)14-9-10-15-16-11(19-10)13-5-6-18-8-7-17-4/h14H,5-9H2,1-4H3,(H,13,16). The fraction of sp³-hybridized carbons (Fsp3) is 0.833. The van der Waals surface area contributed by atoms with Crippen LogP contribution in [0.1, 0.15) is 26.7 Å². The second-order valence-corrected chi connectivity index (χ2v) is 5.14. The molecule has 1 aromatic heterocycles. The van der Waals surface area contributed by atoms with Gasteiger partial charge in [-0.2, -0.15) is 0 Å². The topological polar surface area (TPSA) is 81.4 Å². The number of hydrogen-bond acceptors (Lipinski definition) is 7. The second kappa shape index (κ2) is 8.08. The summed E-state index contributed by atoms with van der Waals surface area (Å²) in [6.07, 6.45) is 0. The first-order valence-corrected chi connectivity index (χ1v) is 6.39. The minimum Gasteiger partial charge on any atom is -0.407 e. The molecule has 2 N–H and O–H groups in total. The molecule has 1 heterocycles. The summed E-state index contributed by atoms with van der Waals surface area (Å²) in [6, 6.07) is 0.418. The smallest absolute Gasteiger partial charge is 0.315 e. The van der Waals surface area contributed by atoms with Crippen molar-refractivity contribution in [3.05, 3.63) is 5.89 Å². The van der Waals surface area contributed by atoms with Gasteiger partial charge in [0.2, 0.25) is 5.89 Å². The average molecular weight is 272 g/mol. The number of methoxy groups -OCH3 is 1. The number of nitrogens with zero attached hydrogens (tertiary/aromatic N) is 2. The minimum absolute atomic E-state index is 0.0251. The van der Waals surface area contributed by atoms with E-state index in [4.69, 9.17) is 13.9 Å². The van der Waals surface area contributed by atoms with Crippen molar-refractivity contribution in [1.29, 1.82) is 0 Å². The van der Waals surface area contributed by atoms with Gasteiger partial charge in [-0.25, -0.2) is 0 Å². The molecule has 0 spiro atoms. The number of aromatic nitrogens is 2. The largest absolute Gasteiger partial charge is 0.407 e. The van der Waals surface area contributed by atoms with E-state index in [9.17, 15) is 0 Å². The van der Waals surface area contributed by atoms with Crippen molar-refractivity contribution >= 4 is 6.01 Å². The maximum Gasteiger partial charge on any atom is 0.315 e. The Labute approximate surface area is 114 Å². The predicted molar refractivity (Wildman–Crippen MR) is 72.1 cm³/mol. The molecule has 0 radical (unpaired) electrons. The second-order valence-electron chi connectivity index (χ2n) is 5.14. The Bertz CT molecular complexity index is 349. The third-order valence-electron chi connectivity index (χ3n) is 2.19. The van der Waals surface area contributed by atoms with Gasteiger partial charge in [-0.15, -0.1) is 5.10 Å². The first-order valence-electron chi connectivity index (χ1n) is 6.39. The summed E-state index contributed by atoms with van der Waals surface area (Å²) >= 11 is 0. The van der Waals surface area contributed by atoms with Crippen LogP contribution in [0.15, 0.2) is 4.42 Å². The van der Waals surface area contributed by atoms with E-state index in [1.807, 2.05) is 0 Å². The van der Waals surface area contributed by atoms with E-state index in [1.54, 1.807) is 7.11 Å². The zero-order chi connectivity index (χ0) is 14.1. The van der Waals surface area contributed by atoms with Crippen molar-refractivity contribution in [2.45, 2.75) is 32.9 Å². The summed E-state index contributed by atoms with van der Waals surface area (Å²) in [7, 11) is 1.65. The van der Waals surface area contributed by atoms with E-state index in [0.29, 0.717) is 44.8 Å². The maximum absolute atomic E-state index is 5.43. The monoisotopic (exact) mass is 272 g/mol. The van der Waals surface area contributed by atoms with E-state index in [-0.39, 0.29) is 5.54 Å². The lowest BCUT2D eigenvalue weighted by Gasteiger charge is -2.18. The lowest BCUT2D eigenvalue weighted by Crippen LogP contribution is -2.35. The third-order valence-corrected chi connectivity index (χ3v) is 2.19. The van der Waals surface area contributed by atoms with Gasteiger partial charge < -0.3 is 24.5 Å². The fourth-order valence-electron chi connectivity index (χ4n) is 1.21. The fourth-order valence-corrected chi connectivity index (χ4v) is 1.21. The molecule has 0 unspecified atom stereocenters. The van der Waals surface area contributed by atoms with Crippen LogP contribution in [0.2, 0.25) is 0 Å². The van der Waals surface area contributed by atoms with Crippen LogP contribution in [0, 0.1) is 0 Å². The minimum atomic E-state index is 0.0251. The van der Waals surface area contributed by atoms with Gasteiger partial charge in [0, 0.05) is 19.2 Å². The van der Waals surface area contributed by atoms with Crippen molar-refractivity contribution in [3.63, 3.8) is 0 Å². The molecule has 0 aliphatic heterocycles. The van der Waals surface area contributed by atoms with Gasteiger partial charge >= 0.3 is 6.01 Å². The Balaban J connectivity index is 2.16. The SMILES string of the molecule is COCCOCCNc1nnc(CNC(C)(C)C)o1.